The Morgan fingerprint density at radius 1 is 0.402 bits per heavy atom. The van der Waals surface area contributed by atoms with Crippen LogP contribution in [0.2, 0.25) is 0 Å². The Hall–Kier alpha value is -1.07. The Bertz CT molecular complexity index is 1300. The van der Waals surface area contributed by atoms with Crippen LogP contribution in [0.3, 0.4) is 0 Å². The summed E-state index contributed by atoms with van der Waals surface area (Å²) in [6, 6.07) is -0.802. The van der Waals surface area contributed by atoms with Crippen molar-refractivity contribution in [2.24, 2.45) is 0 Å². The smallest absolute Gasteiger partial charge is 0.220 e. The van der Waals surface area contributed by atoms with Crippen molar-refractivity contribution in [2.75, 3.05) is 13.2 Å². The van der Waals surface area contributed by atoms with Crippen molar-refractivity contribution in [3.05, 3.63) is 12.2 Å². The number of ether oxygens (including phenoxy) is 2. The molecule has 0 aromatic heterocycles. The van der Waals surface area contributed by atoms with Crippen molar-refractivity contribution in [3.63, 3.8) is 0 Å². The zero-order valence-corrected chi connectivity index (χ0v) is 54.8. The Morgan fingerprint density at radius 3 is 0.951 bits per heavy atom. The summed E-state index contributed by atoms with van der Waals surface area (Å²) in [4.78, 5) is 13.1. The molecule has 1 fully saturated rings. The number of unbranched alkanes of at least 4 members (excludes halogenated alkanes) is 56. The van der Waals surface area contributed by atoms with E-state index in [-0.39, 0.29) is 12.5 Å². The molecule has 488 valence electrons. The number of hydrogen-bond donors (Lipinski definition) is 6. The van der Waals surface area contributed by atoms with Crippen LogP contribution >= 0.6 is 0 Å². The summed E-state index contributed by atoms with van der Waals surface area (Å²) in [7, 11) is 0. The topological polar surface area (TPSA) is 149 Å². The van der Waals surface area contributed by atoms with Crippen LogP contribution < -0.4 is 5.32 Å². The highest BCUT2D eigenvalue weighted by molar-refractivity contribution is 5.76. The lowest BCUT2D eigenvalue weighted by molar-refractivity contribution is -0.302. The summed E-state index contributed by atoms with van der Waals surface area (Å²) in [5.41, 5.74) is 0. The molecule has 0 radical (unpaired) electrons. The molecule has 1 amide bonds. The highest BCUT2D eigenvalue weighted by Crippen LogP contribution is 2.24. The number of hydrogen-bond acceptors (Lipinski definition) is 8. The van der Waals surface area contributed by atoms with Crippen LogP contribution in [0.5, 0.6) is 0 Å². The Labute approximate surface area is 509 Å². The molecule has 1 saturated heterocycles. The van der Waals surface area contributed by atoms with Crippen molar-refractivity contribution < 1.29 is 39.8 Å². The summed E-state index contributed by atoms with van der Waals surface area (Å²) in [5, 5.41) is 54.8. The second-order valence-electron chi connectivity index (χ2n) is 26.1. The predicted molar refractivity (Wildman–Crippen MR) is 351 cm³/mol. The lowest BCUT2D eigenvalue weighted by atomic mass is 9.99. The average molecular weight is 1160 g/mol. The molecule has 1 rings (SSSR count). The zero-order valence-electron chi connectivity index (χ0n) is 54.8. The predicted octanol–water partition coefficient (Wildman–Crippen LogP) is 20.3. The molecule has 7 atom stereocenters. The molecule has 0 aromatic rings. The van der Waals surface area contributed by atoms with Gasteiger partial charge in [0.15, 0.2) is 6.29 Å². The zero-order chi connectivity index (χ0) is 59.3. The lowest BCUT2D eigenvalue weighted by Gasteiger charge is -2.40. The van der Waals surface area contributed by atoms with E-state index in [1.807, 2.05) is 6.08 Å². The van der Waals surface area contributed by atoms with Gasteiger partial charge in [0, 0.05) is 6.42 Å². The van der Waals surface area contributed by atoms with Gasteiger partial charge in [0.1, 0.15) is 24.4 Å². The molecule has 1 heterocycles. The minimum atomic E-state index is -1.56. The van der Waals surface area contributed by atoms with Gasteiger partial charge < -0.3 is 40.3 Å². The van der Waals surface area contributed by atoms with Crippen molar-refractivity contribution in [2.45, 2.75) is 436 Å². The van der Waals surface area contributed by atoms with Crippen LogP contribution in [0.15, 0.2) is 12.2 Å². The third-order valence-electron chi connectivity index (χ3n) is 18.1. The van der Waals surface area contributed by atoms with Gasteiger partial charge >= 0.3 is 0 Å². The van der Waals surface area contributed by atoms with E-state index in [4.69, 9.17) is 9.47 Å². The molecule has 0 spiro atoms. The van der Waals surface area contributed by atoms with Gasteiger partial charge in [-0.1, -0.05) is 379 Å². The third kappa shape index (κ3) is 51.0. The first-order chi connectivity index (χ1) is 40.3. The third-order valence-corrected chi connectivity index (χ3v) is 18.1. The molecule has 1 aliphatic rings. The van der Waals surface area contributed by atoms with Crippen LogP contribution in [0.1, 0.15) is 393 Å². The summed E-state index contributed by atoms with van der Waals surface area (Å²) in [6.07, 6.45) is 74.8. The fraction of sp³-hybridized carbons (Fsp3) is 0.959. The van der Waals surface area contributed by atoms with Crippen LogP contribution in [0.25, 0.3) is 0 Å². The molecule has 82 heavy (non-hydrogen) atoms. The van der Waals surface area contributed by atoms with Gasteiger partial charge in [0.05, 0.1) is 25.4 Å². The number of nitrogens with one attached hydrogen (secondary N) is 1. The summed E-state index contributed by atoms with van der Waals surface area (Å²) in [6.45, 7) is 3.85. The van der Waals surface area contributed by atoms with Gasteiger partial charge in [-0.25, -0.2) is 0 Å². The molecule has 7 unspecified atom stereocenters. The molecule has 0 aliphatic carbocycles. The largest absolute Gasteiger partial charge is 0.394 e. The van der Waals surface area contributed by atoms with E-state index < -0.39 is 49.5 Å². The van der Waals surface area contributed by atoms with E-state index in [1.165, 1.54) is 334 Å². The number of carbonyl (C=O) groups excluding carboxylic acids is 1. The fourth-order valence-corrected chi connectivity index (χ4v) is 12.3. The van der Waals surface area contributed by atoms with E-state index in [1.54, 1.807) is 6.08 Å². The molecule has 1 aliphatic heterocycles. The van der Waals surface area contributed by atoms with Crippen molar-refractivity contribution in [1.82, 2.24) is 5.32 Å². The molecule has 9 heteroatoms. The first-order valence-electron chi connectivity index (χ1n) is 36.9. The Morgan fingerprint density at radius 2 is 0.671 bits per heavy atom. The number of allylic oxidation sites excluding steroid dienone is 1. The van der Waals surface area contributed by atoms with Gasteiger partial charge in [-0.3, -0.25) is 4.79 Å². The summed E-state index contributed by atoms with van der Waals surface area (Å²) < 4.78 is 11.3. The second kappa shape index (κ2) is 63.0. The SMILES string of the molecule is CCCCCCCCCCCCCCCCCCCCCCCCCCC/C=C/C(O)C(COC1OC(CO)C(O)C(O)C1O)NC(=O)CCCCCCCCCCCCCCCCCCCCCCCCCCCCCCCCCC. The number of amides is 1. The highest BCUT2D eigenvalue weighted by atomic mass is 16.7. The van der Waals surface area contributed by atoms with Crippen LogP contribution in [0, 0.1) is 0 Å². The molecule has 6 N–H and O–H groups in total. The fourth-order valence-electron chi connectivity index (χ4n) is 12.3. The number of aliphatic hydroxyl groups is 5. The van der Waals surface area contributed by atoms with Gasteiger partial charge in [-0.05, 0) is 19.3 Å². The first-order valence-corrected chi connectivity index (χ1v) is 36.9. The Kier molecular flexibility index (Phi) is 60.6. The molecule has 0 saturated carbocycles. The quantitative estimate of drug-likeness (QED) is 0.0261. The number of carbonyl (C=O) groups is 1. The molecular weight excluding hydrogens is 1020 g/mol. The molecular formula is C73H143NO8. The van der Waals surface area contributed by atoms with E-state index in [0.717, 1.165) is 38.5 Å². The summed E-state index contributed by atoms with van der Waals surface area (Å²) in [5.74, 6) is -0.166. The lowest BCUT2D eigenvalue weighted by Crippen LogP contribution is -2.60. The molecule has 0 bridgehead atoms. The highest BCUT2D eigenvalue weighted by Gasteiger charge is 2.44. The standard InChI is InChI=1S/C73H143NO8/c1-3-5-7-9-11-13-15-17-19-21-23-25-27-29-31-32-33-34-35-37-39-41-43-45-47-49-51-53-55-57-59-61-63-69(77)74-66(65-81-73-72(80)71(79)70(78)68(64-75)82-73)67(76)62-60-58-56-54-52-50-48-46-44-42-40-38-36-30-28-26-24-22-20-18-16-14-12-10-8-6-4-2/h60,62,66-68,70-73,75-76,78-80H,3-59,61,63-65H2,1-2H3,(H,74,77)/b62-60+. The van der Waals surface area contributed by atoms with E-state index in [0.29, 0.717) is 6.42 Å². The summed E-state index contributed by atoms with van der Waals surface area (Å²) >= 11 is 0. The van der Waals surface area contributed by atoms with Gasteiger partial charge in [0.2, 0.25) is 5.91 Å². The number of aliphatic hydroxyl groups excluding tert-OH is 5. The maximum absolute atomic E-state index is 13.1. The van der Waals surface area contributed by atoms with Crippen LogP contribution in [-0.4, -0.2) is 87.5 Å². The van der Waals surface area contributed by atoms with Crippen molar-refractivity contribution in [3.8, 4) is 0 Å². The average Bonchev–Trinajstić information content (AvgIpc) is 3.59. The van der Waals surface area contributed by atoms with E-state index in [2.05, 4.69) is 19.2 Å². The molecule has 9 nitrogen and oxygen atoms in total. The monoisotopic (exact) mass is 1160 g/mol. The molecule has 0 aromatic carbocycles. The van der Waals surface area contributed by atoms with E-state index in [9.17, 15) is 30.3 Å². The van der Waals surface area contributed by atoms with Crippen molar-refractivity contribution >= 4 is 5.91 Å². The van der Waals surface area contributed by atoms with E-state index >= 15 is 0 Å². The minimum absolute atomic E-state index is 0.166. The van der Waals surface area contributed by atoms with Crippen LogP contribution in [0.4, 0.5) is 0 Å². The second-order valence-corrected chi connectivity index (χ2v) is 26.1. The van der Waals surface area contributed by atoms with Gasteiger partial charge in [-0.15, -0.1) is 0 Å². The Balaban J connectivity index is 2.09. The normalized spacial score (nSPS) is 18.3. The van der Waals surface area contributed by atoms with Crippen molar-refractivity contribution in [1.29, 1.82) is 0 Å². The van der Waals surface area contributed by atoms with Crippen LogP contribution in [-0.2, 0) is 14.3 Å². The maximum atomic E-state index is 13.1. The number of rotatable bonds is 66. The first kappa shape index (κ1) is 78.9. The minimum Gasteiger partial charge on any atom is -0.394 e. The van der Waals surface area contributed by atoms with Gasteiger partial charge in [-0.2, -0.15) is 0 Å². The maximum Gasteiger partial charge on any atom is 0.220 e. The van der Waals surface area contributed by atoms with Gasteiger partial charge in [0.25, 0.3) is 0 Å².